The zero-order chi connectivity index (χ0) is 15.9. The Labute approximate surface area is 128 Å². The maximum absolute atomic E-state index is 11.7. The normalized spacial score (nSPS) is 11.7. The number of carbonyl (C=O) groups is 2. The second-order valence-electron chi connectivity index (χ2n) is 4.90. The predicted molar refractivity (Wildman–Crippen MR) is 81.1 cm³/mol. The van der Waals surface area contributed by atoms with Crippen molar-refractivity contribution < 1.29 is 19.1 Å². The van der Waals surface area contributed by atoms with Gasteiger partial charge in [-0.2, -0.15) is 0 Å². The molecule has 0 fully saturated rings. The van der Waals surface area contributed by atoms with Gasteiger partial charge in [-0.3, -0.25) is 9.59 Å². The molecule has 116 valence electrons. The first-order valence-corrected chi connectivity index (χ1v) is 6.93. The molecule has 0 aliphatic rings. The van der Waals surface area contributed by atoms with Crippen molar-refractivity contribution in [3.05, 3.63) is 54.0 Å². The Morgan fingerprint density at radius 1 is 1.18 bits per heavy atom. The Bertz CT molecular complexity index is 620. The molecule has 3 N–H and O–H groups in total. The van der Waals surface area contributed by atoms with Crippen molar-refractivity contribution in [1.29, 1.82) is 0 Å². The van der Waals surface area contributed by atoms with Crippen LogP contribution in [0.3, 0.4) is 0 Å². The summed E-state index contributed by atoms with van der Waals surface area (Å²) in [6, 6.07) is 10.4. The molecule has 6 nitrogen and oxygen atoms in total. The van der Waals surface area contributed by atoms with Crippen LogP contribution in [-0.4, -0.2) is 23.5 Å². The lowest BCUT2D eigenvalue weighted by atomic mass is 10.2. The van der Waals surface area contributed by atoms with E-state index in [9.17, 15) is 14.7 Å². The van der Waals surface area contributed by atoms with E-state index in [0.717, 1.165) is 5.56 Å². The minimum absolute atomic E-state index is 0.169. The number of rotatable bonds is 5. The number of furan rings is 1. The van der Waals surface area contributed by atoms with Gasteiger partial charge in [0.05, 0.1) is 6.26 Å². The zero-order valence-corrected chi connectivity index (χ0v) is 12.2. The fourth-order valence-electron chi connectivity index (χ4n) is 1.85. The summed E-state index contributed by atoms with van der Waals surface area (Å²) in [6.45, 7) is 2.10. The monoisotopic (exact) mass is 302 g/mol. The molecule has 2 aromatic rings. The molecule has 1 aromatic heterocycles. The number of carbonyl (C=O) groups excluding carboxylic acids is 2. The molecule has 1 heterocycles. The van der Waals surface area contributed by atoms with Crippen LogP contribution in [0.2, 0.25) is 0 Å². The van der Waals surface area contributed by atoms with E-state index in [0.29, 0.717) is 11.4 Å². The van der Waals surface area contributed by atoms with E-state index in [1.54, 1.807) is 24.3 Å². The first-order chi connectivity index (χ1) is 10.6. The van der Waals surface area contributed by atoms with E-state index in [2.05, 4.69) is 10.6 Å². The molecule has 0 spiro atoms. The highest BCUT2D eigenvalue weighted by Gasteiger charge is 2.15. The number of nitrogens with one attached hydrogen (secondary N) is 2. The summed E-state index contributed by atoms with van der Waals surface area (Å²) in [5, 5.41) is 14.7. The molecule has 1 aromatic carbocycles. The number of hydrogen-bond donors (Lipinski definition) is 3. The van der Waals surface area contributed by atoms with Crippen LogP contribution in [0.5, 0.6) is 0 Å². The van der Waals surface area contributed by atoms with Crippen LogP contribution >= 0.6 is 0 Å². The highest BCUT2D eigenvalue weighted by Crippen LogP contribution is 2.15. The molecule has 0 saturated heterocycles. The van der Waals surface area contributed by atoms with Gasteiger partial charge in [-0.25, -0.2) is 0 Å². The van der Waals surface area contributed by atoms with E-state index >= 15 is 0 Å². The first-order valence-electron chi connectivity index (χ1n) is 6.93. The summed E-state index contributed by atoms with van der Waals surface area (Å²) in [4.78, 5) is 23.4. The number of aliphatic hydroxyl groups is 1. The van der Waals surface area contributed by atoms with Crippen molar-refractivity contribution >= 4 is 17.5 Å². The highest BCUT2D eigenvalue weighted by molar-refractivity contribution is 6.39. The number of anilines is 1. The summed E-state index contributed by atoms with van der Waals surface area (Å²) >= 11 is 0. The lowest BCUT2D eigenvalue weighted by Crippen LogP contribution is -2.36. The van der Waals surface area contributed by atoms with Gasteiger partial charge in [-0.15, -0.1) is 0 Å². The minimum Gasteiger partial charge on any atom is -0.467 e. The second kappa shape index (κ2) is 7.42. The number of aryl methyl sites for hydroxylation is 1. The van der Waals surface area contributed by atoms with Crippen LogP contribution in [0, 0.1) is 6.92 Å². The lowest BCUT2D eigenvalue weighted by Gasteiger charge is -2.09. The van der Waals surface area contributed by atoms with Crippen LogP contribution < -0.4 is 10.6 Å². The van der Waals surface area contributed by atoms with E-state index in [4.69, 9.17) is 4.42 Å². The van der Waals surface area contributed by atoms with Gasteiger partial charge in [0.25, 0.3) is 0 Å². The molecule has 2 rings (SSSR count). The Balaban J connectivity index is 1.74. The van der Waals surface area contributed by atoms with Crippen LogP contribution in [0.1, 0.15) is 23.8 Å². The first kappa shape index (κ1) is 15.8. The van der Waals surface area contributed by atoms with E-state index < -0.39 is 17.9 Å². The van der Waals surface area contributed by atoms with E-state index in [-0.39, 0.29) is 13.0 Å². The number of benzene rings is 1. The molecule has 0 aliphatic heterocycles. The van der Waals surface area contributed by atoms with Gasteiger partial charge in [0.1, 0.15) is 11.9 Å². The SMILES string of the molecule is Cc1ccc(NC(=O)C(=O)NCCC(O)c2ccco2)cc1. The van der Waals surface area contributed by atoms with Crippen LogP contribution in [0.4, 0.5) is 5.69 Å². The van der Waals surface area contributed by atoms with Crippen LogP contribution in [0.15, 0.2) is 47.1 Å². The largest absolute Gasteiger partial charge is 0.467 e. The average molecular weight is 302 g/mol. The summed E-state index contributed by atoms with van der Waals surface area (Å²) in [5.74, 6) is -1.05. The quantitative estimate of drug-likeness (QED) is 0.734. The van der Waals surface area contributed by atoms with Crippen LogP contribution in [-0.2, 0) is 9.59 Å². The van der Waals surface area contributed by atoms with Gasteiger partial charge >= 0.3 is 11.8 Å². The molecule has 0 radical (unpaired) electrons. The lowest BCUT2D eigenvalue weighted by molar-refractivity contribution is -0.136. The zero-order valence-electron chi connectivity index (χ0n) is 12.2. The summed E-state index contributed by atoms with van der Waals surface area (Å²) in [5.41, 5.74) is 1.62. The molecule has 2 amide bonds. The molecule has 1 atom stereocenters. The Morgan fingerprint density at radius 3 is 2.55 bits per heavy atom. The molecular formula is C16H18N2O4. The standard InChI is InChI=1S/C16H18N2O4/c1-11-4-6-12(7-5-11)18-16(21)15(20)17-9-8-13(19)14-3-2-10-22-14/h2-7,10,13,19H,8-9H2,1H3,(H,17,20)(H,18,21). The predicted octanol–water partition coefficient (Wildman–Crippen LogP) is 1.77. The fourth-order valence-corrected chi connectivity index (χ4v) is 1.85. The third kappa shape index (κ3) is 4.46. The molecule has 0 saturated carbocycles. The highest BCUT2D eigenvalue weighted by atomic mass is 16.4. The Morgan fingerprint density at radius 2 is 1.91 bits per heavy atom. The Hall–Kier alpha value is -2.60. The van der Waals surface area contributed by atoms with E-state index in [1.165, 1.54) is 6.26 Å². The van der Waals surface area contributed by atoms with Gasteiger partial charge in [-0.1, -0.05) is 17.7 Å². The van der Waals surface area contributed by atoms with E-state index in [1.807, 2.05) is 19.1 Å². The Kier molecular flexibility index (Phi) is 5.32. The fraction of sp³-hybridized carbons (Fsp3) is 0.250. The van der Waals surface area contributed by atoms with Crippen molar-refractivity contribution in [2.24, 2.45) is 0 Å². The maximum atomic E-state index is 11.7. The minimum atomic E-state index is -0.810. The van der Waals surface area contributed by atoms with Crippen molar-refractivity contribution in [2.45, 2.75) is 19.4 Å². The van der Waals surface area contributed by atoms with Crippen molar-refractivity contribution in [1.82, 2.24) is 5.32 Å². The molecule has 0 bridgehead atoms. The molecule has 1 unspecified atom stereocenters. The third-order valence-electron chi connectivity index (χ3n) is 3.09. The van der Waals surface area contributed by atoms with Crippen molar-refractivity contribution in [3.8, 4) is 0 Å². The smallest absolute Gasteiger partial charge is 0.313 e. The number of amides is 2. The van der Waals surface area contributed by atoms with Gasteiger partial charge in [-0.05, 0) is 37.6 Å². The van der Waals surface area contributed by atoms with Gasteiger partial charge in [0, 0.05) is 12.2 Å². The van der Waals surface area contributed by atoms with Gasteiger partial charge in [0.15, 0.2) is 0 Å². The number of aliphatic hydroxyl groups excluding tert-OH is 1. The summed E-state index contributed by atoms with van der Waals surface area (Å²) in [7, 11) is 0. The van der Waals surface area contributed by atoms with Crippen molar-refractivity contribution in [2.75, 3.05) is 11.9 Å². The molecular weight excluding hydrogens is 284 g/mol. The topological polar surface area (TPSA) is 91.6 Å². The summed E-state index contributed by atoms with van der Waals surface area (Å²) < 4.78 is 5.05. The third-order valence-corrected chi connectivity index (χ3v) is 3.09. The van der Waals surface area contributed by atoms with Gasteiger partial charge in [0.2, 0.25) is 0 Å². The number of hydrogen-bond acceptors (Lipinski definition) is 4. The summed E-state index contributed by atoms with van der Waals surface area (Å²) in [6.07, 6.45) is 0.916. The molecule has 6 heteroatoms. The molecule has 0 aliphatic carbocycles. The molecule has 22 heavy (non-hydrogen) atoms. The van der Waals surface area contributed by atoms with Crippen molar-refractivity contribution in [3.63, 3.8) is 0 Å². The van der Waals surface area contributed by atoms with Gasteiger partial charge < -0.3 is 20.2 Å². The average Bonchev–Trinajstić information content (AvgIpc) is 3.03. The maximum Gasteiger partial charge on any atom is 0.313 e. The second-order valence-corrected chi connectivity index (χ2v) is 4.90. The van der Waals surface area contributed by atoms with Crippen LogP contribution in [0.25, 0.3) is 0 Å².